The van der Waals surface area contributed by atoms with Gasteiger partial charge in [0.2, 0.25) is 0 Å². The molecule has 2 fully saturated rings. The van der Waals surface area contributed by atoms with Crippen molar-refractivity contribution < 1.29 is 9.53 Å². The van der Waals surface area contributed by atoms with Gasteiger partial charge in [-0.1, -0.05) is 0 Å². The molecule has 19 heavy (non-hydrogen) atoms. The summed E-state index contributed by atoms with van der Waals surface area (Å²) in [6.45, 7) is 7.97. The monoisotopic (exact) mass is 268 g/mol. The smallest absolute Gasteiger partial charge is 0.307 e. The van der Waals surface area contributed by atoms with E-state index in [0.29, 0.717) is 25.1 Å². The SMILES string of the molecule is CCOC(=O)CC(C)N(CC1CCCNC1)C1CC1. The maximum atomic E-state index is 11.6. The van der Waals surface area contributed by atoms with Crippen molar-refractivity contribution in [2.45, 2.75) is 58.0 Å². The van der Waals surface area contributed by atoms with Crippen molar-refractivity contribution in [1.82, 2.24) is 10.2 Å². The standard InChI is InChI=1S/C15H28N2O2/c1-3-19-15(18)9-12(2)17(14-6-7-14)11-13-5-4-8-16-10-13/h12-14,16H,3-11H2,1-2H3. The maximum absolute atomic E-state index is 11.6. The highest BCUT2D eigenvalue weighted by molar-refractivity contribution is 5.70. The minimum absolute atomic E-state index is 0.0533. The third-order valence-corrected chi connectivity index (χ3v) is 4.22. The van der Waals surface area contributed by atoms with Crippen LogP contribution in [0.25, 0.3) is 0 Å². The predicted octanol–water partition coefficient (Wildman–Crippen LogP) is 1.79. The van der Waals surface area contributed by atoms with E-state index >= 15 is 0 Å². The molecular formula is C15H28N2O2. The van der Waals surface area contributed by atoms with Gasteiger partial charge in [0.15, 0.2) is 0 Å². The van der Waals surface area contributed by atoms with Crippen LogP contribution >= 0.6 is 0 Å². The second-order valence-corrected chi connectivity index (χ2v) is 6.00. The van der Waals surface area contributed by atoms with Crippen molar-refractivity contribution >= 4 is 5.97 Å². The van der Waals surface area contributed by atoms with Gasteiger partial charge in [0.05, 0.1) is 13.0 Å². The average molecular weight is 268 g/mol. The molecule has 2 rings (SSSR count). The molecule has 0 bridgehead atoms. The van der Waals surface area contributed by atoms with E-state index in [-0.39, 0.29) is 5.97 Å². The van der Waals surface area contributed by atoms with E-state index in [2.05, 4.69) is 17.1 Å². The first-order valence-corrected chi connectivity index (χ1v) is 7.82. The zero-order chi connectivity index (χ0) is 13.7. The topological polar surface area (TPSA) is 41.6 Å². The van der Waals surface area contributed by atoms with Gasteiger partial charge in [0.1, 0.15) is 0 Å². The molecule has 4 heteroatoms. The Kier molecular flexibility index (Phi) is 5.64. The fraction of sp³-hybridized carbons (Fsp3) is 0.933. The molecule has 1 aliphatic carbocycles. The van der Waals surface area contributed by atoms with Crippen LogP contribution in [0.2, 0.25) is 0 Å². The maximum Gasteiger partial charge on any atom is 0.307 e. The molecule has 2 unspecified atom stereocenters. The van der Waals surface area contributed by atoms with Crippen molar-refractivity contribution in [2.24, 2.45) is 5.92 Å². The van der Waals surface area contributed by atoms with Gasteiger partial charge < -0.3 is 10.1 Å². The fourth-order valence-electron chi connectivity index (χ4n) is 3.05. The van der Waals surface area contributed by atoms with Gasteiger partial charge in [0.25, 0.3) is 0 Å². The molecule has 0 aromatic heterocycles. The molecule has 0 amide bonds. The lowest BCUT2D eigenvalue weighted by Gasteiger charge is -2.34. The van der Waals surface area contributed by atoms with Crippen LogP contribution in [-0.4, -0.2) is 49.2 Å². The third-order valence-electron chi connectivity index (χ3n) is 4.22. The second kappa shape index (κ2) is 7.25. The van der Waals surface area contributed by atoms with E-state index in [1.54, 1.807) is 0 Å². The molecule has 110 valence electrons. The normalized spacial score (nSPS) is 25.3. The fourth-order valence-corrected chi connectivity index (χ4v) is 3.05. The van der Waals surface area contributed by atoms with E-state index in [1.807, 2.05) is 6.92 Å². The van der Waals surface area contributed by atoms with Gasteiger partial charge in [0, 0.05) is 18.6 Å². The summed E-state index contributed by atoms with van der Waals surface area (Å²) in [6.07, 6.45) is 5.74. The summed E-state index contributed by atoms with van der Waals surface area (Å²) in [4.78, 5) is 14.2. The molecule has 0 radical (unpaired) electrons. The summed E-state index contributed by atoms with van der Waals surface area (Å²) < 4.78 is 5.07. The highest BCUT2D eigenvalue weighted by Gasteiger charge is 2.34. The summed E-state index contributed by atoms with van der Waals surface area (Å²) in [5.74, 6) is 0.696. The van der Waals surface area contributed by atoms with Crippen LogP contribution in [0, 0.1) is 5.92 Å². The quantitative estimate of drug-likeness (QED) is 0.715. The van der Waals surface area contributed by atoms with Crippen LogP contribution in [0.5, 0.6) is 0 Å². The van der Waals surface area contributed by atoms with E-state index in [9.17, 15) is 4.79 Å². The van der Waals surface area contributed by atoms with Gasteiger partial charge in [-0.25, -0.2) is 0 Å². The second-order valence-electron chi connectivity index (χ2n) is 6.00. The number of hydrogen-bond acceptors (Lipinski definition) is 4. The molecule has 1 heterocycles. The molecule has 1 N–H and O–H groups in total. The molecule has 2 aliphatic rings. The van der Waals surface area contributed by atoms with Crippen LogP contribution in [0.3, 0.4) is 0 Å². The van der Waals surface area contributed by atoms with E-state index in [4.69, 9.17) is 4.74 Å². The lowest BCUT2D eigenvalue weighted by Crippen LogP contribution is -2.44. The molecule has 1 saturated heterocycles. The zero-order valence-corrected chi connectivity index (χ0v) is 12.4. The molecular weight excluding hydrogens is 240 g/mol. The number of carbonyl (C=O) groups excluding carboxylic acids is 1. The Bertz CT molecular complexity index is 286. The molecule has 1 aliphatic heterocycles. The Morgan fingerprint density at radius 2 is 2.21 bits per heavy atom. The Hall–Kier alpha value is -0.610. The van der Waals surface area contributed by atoms with E-state index in [1.165, 1.54) is 25.7 Å². The molecule has 4 nitrogen and oxygen atoms in total. The summed E-state index contributed by atoms with van der Waals surface area (Å²) in [5.41, 5.74) is 0. The summed E-state index contributed by atoms with van der Waals surface area (Å²) in [5, 5.41) is 3.48. The van der Waals surface area contributed by atoms with Gasteiger partial charge >= 0.3 is 5.97 Å². The van der Waals surface area contributed by atoms with Crippen LogP contribution < -0.4 is 5.32 Å². The van der Waals surface area contributed by atoms with Gasteiger partial charge in [-0.05, 0) is 58.5 Å². The highest BCUT2D eigenvalue weighted by Crippen LogP contribution is 2.31. The molecule has 2 atom stereocenters. The number of piperidine rings is 1. The predicted molar refractivity (Wildman–Crippen MR) is 76.0 cm³/mol. The first-order valence-electron chi connectivity index (χ1n) is 7.82. The lowest BCUT2D eigenvalue weighted by atomic mass is 9.98. The zero-order valence-electron chi connectivity index (χ0n) is 12.4. The van der Waals surface area contributed by atoms with Crippen molar-refractivity contribution in [3.63, 3.8) is 0 Å². The van der Waals surface area contributed by atoms with Crippen LogP contribution in [0.4, 0.5) is 0 Å². The molecule has 0 spiro atoms. The van der Waals surface area contributed by atoms with Crippen LogP contribution in [0.15, 0.2) is 0 Å². The number of nitrogens with one attached hydrogen (secondary N) is 1. The van der Waals surface area contributed by atoms with Crippen molar-refractivity contribution in [1.29, 1.82) is 0 Å². The van der Waals surface area contributed by atoms with Crippen molar-refractivity contribution in [3.8, 4) is 0 Å². The van der Waals surface area contributed by atoms with E-state index < -0.39 is 0 Å². The Balaban J connectivity index is 1.82. The highest BCUT2D eigenvalue weighted by atomic mass is 16.5. The summed E-state index contributed by atoms with van der Waals surface area (Å²) in [6, 6.07) is 1.03. The Morgan fingerprint density at radius 3 is 2.79 bits per heavy atom. The summed E-state index contributed by atoms with van der Waals surface area (Å²) in [7, 11) is 0. The van der Waals surface area contributed by atoms with Crippen molar-refractivity contribution in [3.05, 3.63) is 0 Å². The largest absolute Gasteiger partial charge is 0.466 e. The summed E-state index contributed by atoms with van der Waals surface area (Å²) >= 11 is 0. The van der Waals surface area contributed by atoms with Crippen LogP contribution in [-0.2, 0) is 9.53 Å². The van der Waals surface area contributed by atoms with Gasteiger partial charge in [-0.2, -0.15) is 0 Å². The first kappa shape index (κ1) is 14.8. The third kappa shape index (κ3) is 4.77. The van der Waals surface area contributed by atoms with E-state index in [0.717, 1.165) is 25.6 Å². The van der Waals surface area contributed by atoms with Crippen molar-refractivity contribution in [2.75, 3.05) is 26.2 Å². The number of carbonyl (C=O) groups is 1. The number of nitrogens with zero attached hydrogens (tertiary/aromatic N) is 1. The molecule has 1 saturated carbocycles. The number of esters is 1. The number of rotatable bonds is 7. The Morgan fingerprint density at radius 1 is 1.42 bits per heavy atom. The van der Waals surface area contributed by atoms with Gasteiger partial charge in [-0.15, -0.1) is 0 Å². The molecule has 0 aromatic rings. The average Bonchev–Trinajstić information content (AvgIpc) is 3.21. The van der Waals surface area contributed by atoms with Gasteiger partial charge in [-0.3, -0.25) is 9.69 Å². The molecule has 0 aromatic carbocycles. The van der Waals surface area contributed by atoms with Crippen LogP contribution in [0.1, 0.15) is 46.0 Å². The first-order chi connectivity index (χ1) is 9.20. The number of hydrogen-bond donors (Lipinski definition) is 1. The lowest BCUT2D eigenvalue weighted by molar-refractivity contribution is -0.144. The number of ether oxygens (including phenoxy) is 1. The minimum Gasteiger partial charge on any atom is -0.466 e. The Labute approximate surface area is 116 Å². The minimum atomic E-state index is -0.0533.